The van der Waals surface area contributed by atoms with Crippen molar-refractivity contribution < 1.29 is 8.78 Å². The molecule has 1 aromatic carbocycles. The first-order valence-corrected chi connectivity index (χ1v) is 5.78. The number of aryl methyl sites for hydroxylation is 1. The van der Waals surface area contributed by atoms with Gasteiger partial charge in [0.1, 0.15) is 22.1 Å². The predicted molar refractivity (Wildman–Crippen MR) is 68.5 cm³/mol. The van der Waals surface area contributed by atoms with Crippen molar-refractivity contribution in [1.82, 2.24) is 9.97 Å². The van der Waals surface area contributed by atoms with E-state index >= 15 is 0 Å². The molecule has 0 amide bonds. The van der Waals surface area contributed by atoms with E-state index in [1.165, 1.54) is 13.0 Å². The second-order valence-electron chi connectivity index (χ2n) is 3.65. The standard InChI is InChI=1S/C11H9BrF2N4/c1-5-2-7(14)8(3-6(5)13)16-11-17-9(12)4-10(15)18-11/h2-4H,1H3,(H3,15,16,17,18). The highest BCUT2D eigenvalue weighted by Crippen LogP contribution is 2.22. The van der Waals surface area contributed by atoms with E-state index in [2.05, 4.69) is 31.2 Å². The minimum absolute atomic E-state index is 0.0457. The summed E-state index contributed by atoms with van der Waals surface area (Å²) in [5.41, 5.74) is 5.70. The van der Waals surface area contributed by atoms with Crippen molar-refractivity contribution in [2.75, 3.05) is 11.1 Å². The minimum atomic E-state index is -0.587. The average Bonchev–Trinajstić information content (AvgIpc) is 2.24. The lowest BCUT2D eigenvalue weighted by molar-refractivity contribution is 0.595. The lowest BCUT2D eigenvalue weighted by atomic mass is 10.2. The van der Waals surface area contributed by atoms with Crippen LogP contribution in [0.3, 0.4) is 0 Å². The quantitative estimate of drug-likeness (QED) is 0.836. The van der Waals surface area contributed by atoms with Crippen LogP contribution in [0.2, 0.25) is 0 Å². The van der Waals surface area contributed by atoms with E-state index in [1.54, 1.807) is 0 Å². The van der Waals surface area contributed by atoms with Gasteiger partial charge in [0.15, 0.2) is 0 Å². The van der Waals surface area contributed by atoms with Crippen LogP contribution in [-0.2, 0) is 0 Å². The monoisotopic (exact) mass is 314 g/mol. The molecule has 1 heterocycles. The van der Waals surface area contributed by atoms with Crippen molar-refractivity contribution in [3.05, 3.63) is 40.0 Å². The van der Waals surface area contributed by atoms with Crippen molar-refractivity contribution in [1.29, 1.82) is 0 Å². The Labute approximate surface area is 110 Å². The molecule has 18 heavy (non-hydrogen) atoms. The summed E-state index contributed by atoms with van der Waals surface area (Å²) in [4.78, 5) is 7.81. The third-order valence-corrected chi connectivity index (χ3v) is 2.62. The summed E-state index contributed by atoms with van der Waals surface area (Å²) in [6.07, 6.45) is 0. The Morgan fingerprint density at radius 3 is 2.56 bits per heavy atom. The van der Waals surface area contributed by atoms with Crippen molar-refractivity contribution in [3.63, 3.8) is 0 Å². The fraction of sp³-hybridized carbons (Fsp3) is 0.0909. The van der Waals surface area contributed by atoms with Gasteiger partial charge in [0.05, 0.1) is 5.69 Å². The SMILES string of the molecule is Cc1cc(F)c(Nc2nc(N)cc(Br)n2)cc1F. The van der Waals surface area contributed by atoms with Crippen LogP contribution in [0.4, 0.5) is 26.2 Å². The Morgan fingerprint density at radius 1 is 1.17 bits per heavy atom. The first kappa shape index (κ1) is 12.7. The first-order valence-electron chi connectivity index (χ1n) is 4.98. The van der Waals surface area contributed by atoms with Gasteiger partial charge in [-0.05, 0) is 34.5 Å². The smallest absolute Gasteiger partial charge is 0.230 e. The lowest BCUT2D eigenvalue weighted by Crippen LogP contribution is -2.03. The van der Waals surface area contributed by atoms with Crippen LogP contribution in [0.5, 0.6) is 0 Å². The molecule has 0 aliphatic rings. The third-order valence-electron chi connectivity index (χ3n) is 2.21. The molecule has 0 radical (unpaired) electrons. The number of rotatable bonds is 2. The highest BCUT2D eigenvalue weighted by molar-refractivity contribution is 9.10. The summed E-state index contributed by atoms with van der Waals surface area (Å²) in [6.45, 7) is 1.48. The number of nitrogens with zero attached hydrogens (tertiary/aromatic N) is 2. The molecule has 3 N–H and O–H groups in total. The zero-order valence-electron chi connectivity index (χ0n) is 9.34. The molecule has 1 aromatic heterocycles. The van der Waals surface area contributed by atoms with Gasteiger partial charge in [-0.1, -0.05) is 0 Å². The highest BCUT2D eigenvalue weighted by atomic mass is 79.9. The first-order chi connectivity index (χ1) is 8.45. The average molecular weight is 315 g/mol. The van der Waals surface area contributed by atoms with Gasteiger partial charge < -0.3 is 11.1 Å². The number of anilines is 3. The highest BCUT2D eigenvalue weighted by Gasteiger charge is 2.09. The van der Waals surface area contributed by atoms with Crippen LogP contribution in [0.15, 0.2) is 22.8 Å². The van der Waals surface area contributed by atoms with Crippen LogP contribution in [0, 0.1) is 18.6 Å². The van der Waals surface area contributed by atoms with Crippen molar-refractivity contribution >= 4 is 33.4 Å². The van der Waals surface area contributed by atoms with E-state index < -0.39 is 11.6 Å². The second kappa shape index (κ2) is 4.85. The van der Waals surface area contributed by atoms with Gasteiger partial charge in [-0.15, -0.1) is 0 Å². The van der Waals surface area contributed by atoms with E-state index in [0.717, 1.165) is 12.1 Å². The Bertz CT molecular complexity index is 584. The fourth-order valence-corrected chi connectivity index (χ4v) is 1.76. The van der Waals surface area contributed by atoms with E-state index in [-0.39, 0.29) is 23.0 Å². The number of nitrogens with two attached hydrogens (primary N) is 1. The van der Waals surface area contributed by atoms with Crippen molar-refractivity contribution in [3.8, 4) is 0 Å². The Kier molecular flexibility index (Phi) is 3.42. The second-order valence-corrected chi connectivity index (χ2v) is 4.46. The molecule has 0 fully saturated rings. The van der Waals surface area contributed by atoms with Crippen molar-refractivity contribution in [2.24, 2.45) is 0 Å². The number of hydrogen-bond donors (Lipinski definition) is 2. The Morgan fingerprint density at radius 2 is 1.89 bits per heavy atom. The van der Waals surface area contributed by atoms with Crippen LogP contribution in [0.1, 0.15) is 5.56 Å². The zero-order valence-corrected chi connectivity index (χ0v) is 10.9. The normalized spacial score (nSPS) is 10.4. The largest absolute Gasteiger partial charge is 0.383 e. The van der Waals surface area contributed by atoms with E-state index in [4.69, 9.17) is 5.73 Å². The summed E-state index contributed by atoms with van der Waals surface area (Å²) in [6, 6.07) is 3.64. The van der Waals surface area contributed by atoms with Gasteiger partial charge in [-0.3, -0.25) is 0 Å². The Hall–Kier alpha value is -1.76. The van der Waals surface area contributed by atoms with Crippen LogP contribution in [0.25, 0.3) is 0 Å². The summed E-state index contributed by atoms with van der Waals surface area (Å²) < 4.78 is 27.4. The molecule has 0 saturated carbocycles. The molecular weight excluding hydrogens is 306 g/mol. The molecule has 4 nitrogen and oxygen atoms in total. The number of benzene rings is 1. The van der Waals surface area contributed by atoms with Gasteiger partial charge in [0.25, 0.3) is 0 Å². The maximum atomic E-state index is 13.6. The summed E-state index contributed by atoms with van der Waals surface area (Å²) in [7, 11) is 0. The number of aromatic nitrogens is 2. The van der Waals surface area contributed by atoms with Gasteiger partial charge in [-0.25, -0.2) is 13.8 Å². The molecule has 0 aliphatic carbocycles. The fourth-order valence-electron chi connectivity index (χ4n) is 1.35. The molecule has 0 bridgehead atoms. The molecule has 0 saturated heterocycles. The predicted octanol–water partition coefficient (Wildman–Crippen LogP) is 3.15. The number of nitrogens with one attached hydrogen (secondary N) is 1. The molecule has 94 valence electrons. The minimum Gasteiger partial charge on any atom is -0.383 e. The zero-order chi connectivity index (χ0) is 13.3. The van der Waals surface area contributed by atoms with Crippen LogP contribution < -0.4 is 11.1 Å². The number of nitrogen functional groups attached to an aromatic ring is 1. The maximum Gasteiger partial charge on any atom is 0.230 e. The molecule has 0 atom stereocenters. The summed E-state index contributed by atoms with van der Waals surface area (Å²) in [5, 5.41) is 2.57. The molecule has 7 heteroatoms. The van der Waals surface area contributed by atoms with Gasteiger partial charge in [0, 0.05) is 12.1 Å². The summed E-state index contributed by atoms with van der Waals surface area (Å²) >= 11 is 3.13. The molecule has 0 spiro atoms. The lowest BCUT2D eigenvalue weighted by Gasteiger charge is -2.08. The summed E-state index contributed by atoms with van der Waals surface area (Å²) in [5.74, 6) is -0.797. The molecular formula is C11H9BrF2N4. The maximum absolute atomic E-state index is 13.6. The molecule has 0 aliphatic heterocycles. The van der Waals surface area contributed by atoms with Crippen LogP contribution >= 0.6 is 15.9 Å². The van der Waals surface area contributed by atoms with Gasteiger partial charge >= 0.3 is 0 Å². The molecule has 2 aromatic rings. The number of hydrogen-bond acceptors (Lipinski definition) is 4. The van der Waals surface area contributed by atoms with Gasteiger partial charge in [0.2, 0.25) is 5.95 Å². The number of halogens is 3. The third kappa shape index (κ3) is 2.73. The van der Waals surface area contributed by atoms with Crippen molar-refractivity contribution in [2.45, 2.75) is 6.92 Å². The van der Waals surface area contributed by atoms with E-state index in [1.807, 2.05) is 0 Å². The Balaban J connectivity index is 2.36. The molecule has 0 unspecified atom stereocenters. The van der Waals surface area contributed by atoms with Crippen LogP contribution in [-0.4, -0.2) is 9.97 Å². The topological polar surface area (TPSA) is 63.8 Å². The molecule has 2 rings (SSSR count). The van der Waals surface area contributed by atoms with E-state index in [9.17, 15) is 8.78 Å². The van der Waals surface area contributed by atoms with E-state index in [0.29, 0.717) is 4.60 Å². The van der Waals surface area contributed by atoms with Gasteiger partial charge in [-0.2, -0.15) is 4.98 Å².